The molecule has 2 rings (SSSR count). The third-order valence-corrected chi connectivity index (χ3v) is 1.75. The molecule has 0 atom stereocenters. The van der Waals surface area contributed by atoms with Gasteiger partial charge in [0.2, 0.25) is 0 Å². The summed E-state index contributed by atoms with van der Waals surface area (Å²) in [7, 11) is 0. The molecule has 0 aromatic carbocycles. The Morgan fingerprint density at radius 3 is 2.57 bits per heavy atom. The fraction of sp³-hybridized carbons (Fsp3) is 0. The van der Waals surface area contributed by atoms with E-state index in [9.17, 15) is 4.79 Å². The van der Waals surface area contributed by atoms with E-state index in [1.807, 2.05) is 6.07 Å². The van der Waals surface area contributed by atoms with Crippen LogP contribution >= 0.6 is 0 Å². The second-order valence-corrected chi connectivity index (χ2v) is 2.62. The molecule has 0 saturated carbocycles. The highest BCUT2D eigenvalue weighted by molar-refractivity contribution is 5.81. The smallest absolute Gasteiger partial charge is 0.170 e. The maximum absolute atomic E-state index is 10.7. The molecule has 0 saturated heterocycles. The molecule has 0 aliphatic rings. The Bertz CT molecular complexity index is 442. The van der Waals surface area contributed by atoms with Crippen molar-refractivity contribution in [1.82, 2.24) is 15.0 Å². The molecular formula is C10H7N3O. The molecule has 4 nitrogen and oxygen atoms in total. The third-order valence-electron chi connectivity index (χ3n) is 1.75. The van der Waals surface area contributed by atoms with Gasteiger partial charge >= 0.3 is 0 Å². The quantitative estimate of drug-likeness (QED) is 0.662. The number of pyridine rings is 1. The van der Waals surface area contributed by atoms with Crippen molar-refractivity contribution in [1.29, 1.82) is 0 Å². The number of carbonyl (C=O) groups excluding carboxylic acids is 1. The highest BCUT2D eigenvalue weighted by atomic mass is 16.1. The van der Waals surface area contributed by atoms with Crippen LogP contribution in [0.2, 0.25) is 0 Å². The van der Waals surface area contributed by atoms with Gasteiger partial charge in [0.05, 0.1) is 5.69 Å². The highest BCUT2D eigenvalue weighted by Gasteiger charge is 2.06. The minimum atomic E-state index is 0.311. The summed E-state index contributed by atoms with van der Waals surface area (Å²) in [5.74, 6) is 0. The van der Waals surface area contributed by atoms with Gasteiger partial charge in [0.15, 0.2) is 6.29 Å². The summed E-state index contributed by atoms with van der Waals surface area (Å²) in [4.78, 5) is 22.7. The van der Waals surface area contributed by atoms with E-state index in [0.29, 0.717) is 23.4 Å². The van der Waals surface area contributed by atoms with Gasteiger partial charge in [-0.3, -0.25) is 14.8 Å². The molecule has 0 fully saturated rings. The molecule has 0 spiro atoms. The average molecular weight is 185 g/mol. The maximum Gasteiger partial charge on any atom is 0.170 e. The first-order valence-corrected chi connectivity index (χ1v) is 4.09. The summed E-state index contributed by atoms with van der Waals surface area (Å²) in [6, 6.07) is 5.43. The van der Waals surface area contributed by atoms with E-state index in [-0.39, 0.29) is 0 Å². The molecule has 0 aliphatic carbocycles. The van der Waals surface area contributed by atoms with Crippen LogP contribution in [0.3, 0.4) is 0 Å². The van der Waals surface area contributed by atoms with Gasteiger partial charge in [-0.1, -0.05) is 6.07 Å². The number of aromatic nitrogens is 3. The summed E-state index contributed by atoms with van der Waals surface area (Å²) >= 11 is 0. The Labute approximate surface area is 80.7 Å². The topological polar surface area (TPSA) is 55.7 Å². The second kappa shape index (κ2) is 3.74. The van der Waals surface area contributed by atoms with Gasteiger partial charge in [-0.25, -0.2) is 4.98 Å². The van der Waals surface area contributed by atoms with Gasteiger partial charge in [-0.2, -0.15) is 0 Å². The minimum absolute atomic E-state index is 0.311. The molecule has 4 heteroatoms. The number of hydrogen-bond acceptors (Lipinski definition) is 4. The van der Waals surface area contributed by atoms with E-state index in [2.05, 4.69) is 15.0 Å². The first kappa shape index (κ1) is 8.50. The summed E-state index contributed by atoms with van der Waals surface area (Å²) in [5, 5.41) is 0. The number of aldehydes is 1. The monoisotopic (exact) mass is 185 g/mol. The molecule has 0 radical (unpaired) electrons. The zero-order chi connectivity index (χ0) is 9.80. The molecule has 0 N–H and O–H groups in total. The Balaban J connectivity index is 2.57. The van der Waals surface area contributed by atoms with Crippen molar-refractivity contribution in [3.63, 3.8) is 0 Å². The van der Waals surface area contributed by atoms with Gasteiger partial charge < -0.3 is 0 Å². The predicted octanol–water partition coefficient (Wildman–Crippen LogP) is 1.35. The summed E-state index contributed by atoms with van der Waals surface area (Å²) in [6.07, 6.45) is 5.35. The second-order valence-electron chi connectivity index (χ2n) is 2.62. The van der Waals surface area contributed by atoms with Crippen LogP contribution in [-0.2, 0) is 0 Å². The number of nitrogens with zero attached hydrogens (tertiary/aromatic N) is 3. The number of hydrogen-bond donors (Lipinski definition) is 0. The van der Waals surface area contributed by atoms with Gasteiger partial charge in [0.25, 0.3) is 0 Å². The van der Waals surface area contributed by atoms with E-state index in [0.717, 1.165) is 0 Å². The lowest BCUT2D eigenvalue weighted by molar-refractivity contribution is 0.111. The van der Waals surface area contributed by atoms with Gasteiger partial charge in [0.1, 0.15) is 11.4 Å². The van der Waals surface area contributed by atoms with Gasteiger partial charge in [-0.15, -0.1) is 0 Å². The van der Waals surface area contributed by atoms with Crippen LogP contribution in [-0.4, -0.2) is 21.2 Å². The Hall–Kier alpha value is -2.10. The van der Waals surface area contributed by atoms with Crippen LogP contribution < -0.4 is 0 Å². The van der Waals surface area contributed by atoms with Gasteiger partial charge in [-0.05, 0) is 12.1 Å². The van der Waals surface area contributed by atoms with Crippen molar-refractivity contribution >= 4 is 6.29 Å². The van der Waals surface area contributed by atoms with E-state index in [4.69, 9.17) is 0 Å². The van der Waals surface area contributed by atoms with Crippen LogP contribution in [0.5, 0.6) is 0 Å². The Morgan fingerprint density at radius 2 is 1.86 bits per heavy atom. The fourth-order valence-electron chi connectivity index (χ4n) is 1.14. The standard InChI is InChI=1S/C10H7N3O/c14-7-9-10(13-6-5-12-9)8-3-1-2-4-11-8/h1-7H. The van der Waals surface area contributed by atoms with Crippen LogP contribution in [0.1, 0.15) is 10.5 Å². The predicted molar refractivity (Wildman–Crippen MR) is 50.7 cm³/mol. The lowest BCUT2D eigenvalue weighted by Crippen LogP contribution is -1.95. The molecule has 0 unspecified atom stereocenters. The molecule has 2 heterocycles. The van der Waals surface area contributed by atoms with Crippen molar-refractivity contribution in [2.75, 3.05) is 0 Å². The lowest BCUT2D eigenvalue weighted by Gasteiger charge is -2.00. The van der Waals surface area contributed by atoms with Crippen molar-refractivity contribution < 1.29 is 4.79 Å². The first-order valence-electron chi connectivity index (χ1n) is 4.09. The molecular weight excluding hydrogens is 178 g/mol. The maximum atomic E-state index is 10.7. The molecule has 14 heavy (non-hydrogen) atoms. The third kappa shape index (κ3) is 1.50. The zero-order valence-corrected chi connectivity index (χ0v) is 7.29. The minimum Gasteiger partial charge on any atom is -0.296 e. The average Bonchev–Trinajstić information content (AvgIpc) is 2.30. The summed E-state index contributed by atoms with van der Waals surface area (Å²) in [6.45, 7) is 0. The highest BCUT2D eigenvalue weighted by Crippen LogP contribution is 2.14. The fourth-order valence-corrected chi connectivity index (χ4v) is 1.14. The molecule has 2 aromatic rings. The number of rotatable bonds is 2. The zero-order valence-electron chi connectivity index (χ0n) is 7.29. The number of carbonyl (C=O) groups is 1. The van der Waals surface area contributed by atoms with Crippen molar-refractivity contribution in [3.8, 4) is 11.4 Å². The normalized spacial score (nSPS) is 9.71. The van der Waals surface area contributed by atoms with E-state index < -0.39 is 0 Å². The molecule has 0 bridgehead atoms. The molecule has 0 amide bonds. The van der Waals surface area contributed by atoms with E-state index >= 15 is 0 Å². The van der Waals surface area contributed by atoms with Crippen molar-refractivity contribution in [3.05, 3.63) is 42.5 Å². The lowest BCUT2D eigenvalue weighted by atomic mass is 10.2. The van der Waals surface area contributed by atoms with Crippen molar-refractivity contribution in [2.45, 2.75) is 0 Å². The largest absolute Gasteiger partial charge is 0.296 e. The Kier molecular flexibility index (Phi) is 2.27. The SMILES string of the molecule is O=Cc1nccnc1-c1ccccn1. The first-order chi connectivity index (χ1) is 6.92. The van der Waals surface area contributed by atoms with Gasteiger partial charge in [0, 0.05) is 18.6 Å². The molecule has 0 aliphatic heterocycles. The van der Waals surface area contributed by atoms with Crippen LogP contribution in [0.25, 0.3) is 11.4 Å². The summed E-state index contributed by atoms with van der Waals surface area (Å²) < 4.78 is 0. The summed E-state index contributed by atoms with van der Waals surface area (Å²) in [5.41, 5.74) is 1.48. The molecule has 68 valence electrons. The van der Waals surface area contributed by atoms with Crippen LogP contribution in [0.15, 0.2) is 36.8 Å². The van der Waals surface area contributed by atoms with E-state index in [1.165, 1.54) is 12.4 Å². The Morgan fingerprint density at radius 1 is 1.00 bits per heavy atom. The van der Waals surface area contributed by atoms with Crippen LogP contribution in [0, 0.1) is 0 Å². The van der Waals surface area contributed by atoms with Crippen molar-refractivity contribution in [2.24, 2.45) is 0 Å². The van der Waals surface area contributed by atoms with Crippen LogP contribution in [0.4, 0.5) is 0 Å². The van der Waals surface area contributed by atoms with E-state index in [1.54, 1.807) is 18.3 Å². The molecule has 2 aromatic heterocycles.